The number of aromatic nitrogens is 2. The van der Waals surface area contributed by atoms with Crippen molar-refractivity contribution in [2.75, 3.05) is 0 Å². The third kappa shape index (κ3) is 4.04. The molecule has 3 nitrogen and oxygen atoms in total. The number of hydrogen-bond acceptors (Lipinski definition) is 2. The maximum atomic E-state index is 14.2. The Labute approximate surface area is 290 Å². The zero-order valence-corrected chi connectivity index (χ0v) is 27.8. The molecule has 0 spiro atoms. The van der Waals surface area contributed by atoms with Crippen LogP contribution in [0.15, 0.2) is 158 Å². The van der Waals surface area contributed by atoms with Crippen LogP contribution >= 0.6 is 0 Å². The standard InChI is InChI=1S/C47H32N2O/c1-29-18-22-34(23-19-29)47(2)42-28-33(21-25-40(42)45(50)49-44-17-8-7-16-43(44)48-46(47)49)31-11-9-10-30(26-31)32-20-24-39-37-14-4-3-12-35(37)36-13-5-6-15-38(36)41(39)27-32/h3-28H,1-2H3. The normalized spacial score (nSPS) is 15.5. The minimum absolute atomic E-state index is 0.0375. The van der Waals surface area contributed by atoms with E-state index >= 15 is 0 Å². The van der Waals surface area contributed by atoms with Gasteiger partial charge in [0.2, 0.25) is 0 Å². The number of carbonyl (C=O) groups excluding carboxylic acids is 1. The summed E-state index contributed by atoms with van der Waals surface area (Å²) in [7, 11) is 0. The summed E-state index contributed by atoms with van der Waals surface area (Å²) in [5.41, 5.74) is 9.49. The SMILES string of the molecule is Cc1ccc(C2(C)c3cc(-c4cccc(-c5ccc6c7ccccc7c7ccccc7c6c5)c4)ccc3C(=O)n3c2nc2ccccc23)cc1. The molecule has 0 amide bonds. The summed E-state index contributed by atoms with van der Waals surface area (Å²) in [4.78, 5) is 19.4. The molecule has 0 saturated carbocycles. The van der Waals surface area contributed by atoms with Crippen LogP contribution in [-0.4, -0.2) is 15.5 Å². The first-order valence-electron chi connectivity index (χ1n) is 17.2. The highest BCUT2D eigenvalue weighted by Crippen LogP contribution is 2.46. The van der Waals surface area contributed by atoms with Crippen molar-refractivity contribution in [2.45, 2.75) is 19.3 Å². The lowest BCUT2D eigenvalue weighted by atomic mass is 9.71. The van der Waals surface area contributed by atoms with Crippen LogP contribution in [0.1, 0.15) is 39.8 Å². The van der Waals surface area contributed by atoms with E-state index in [9.17, 15) is 4.79 Å². The van der Waals surface area contributed by atoms with E-state index in [2.05, 4.69) is 141 Å². The fourth-order valence-corrected chi connectivity index (χ4v) is 8.27. The van der Waals surface area contributed by atoms with Crippen LogP contribution in [0.3, 0.4) is 0 Å². The third-order valence-electron chi connectivity index (χ3n) is 10.9. The summed E-state index contributed by atoms with van der Waals surface area (Å²) >= 11 is 0. The summed E-state index contributed by atoms with van der Waals surface area (Å²) < 4.78 is 1.82. The Morgan fingerprint density at radius 1 is 0.520 bits per heavy atom. The van der Waals surface area contributed by atoms with Crippen LogP contribution in [0.2, 0.25) is 0 Å². The molecule has 1 atom stereocenters. The van der Waals surface area contributed by atoms with Gasteiger partial charge in [0.1, 0.15) is 5.82 Å². The third-order valence-corrected chi connectivity index (χ3v) is 10.9. The predicted octanol–water partition coefficient (Wildman–Crippen LogP) is 11.5. The molecule has 236 valence electrons. The maximum Gasteiger partial charge on any atom is 0.264 e. The Balaban J connectivity index is 1.14. The van der Waals surface area contributed by atoms with Gasteiger partial charge in [-0.1, -0.05) is 127 Å². The first-order chi connectivity index (χ1) is 24.5. The monoisotopic (exact) mass is 640 g/mol. The van der Waals surface area contributed by atoms with Gasteiger partial charge >= 0.3 is 0 Å². The Bertz CT molecular complexity index is 2820. The molecule has 0 saturated heterocycles. The number of hydrogen-bond donors (Lipinski definition) is 0. The van der Waals surface area contributed by atoms with Gasteiger partial charge in [0.25, 0.3) is 5.91 Å². The van der Waals surface area contributed by atoms with Gasteiger partial charge in [0.15, 0.2) is 0 Å². The van der Waals surface area contributed by atoms with Crippen molar-refractivity contribution in [3.05, 3.63) is 186 Å². The lowest BCUT2D eigenvalue weighted by Gasteiger charge is -2.36. The smallest absolute Gasteiger partial charge is 0.264 e. The highest BCUT2D eigenvalue weighted by molar-refractivity contribution is 6.25. The van der Waals surface area contributed by atoms with Crippen molar-refractivity contribution < 1.29 is 4.79 Å². The quantitative estimate of drug-likeness (QED) is 0.180. The molecule has 1 aliphatic heterocycles. The van der Waals surface area contributed by atoms with E-state index in [0.717, 1.165) is 44.7 Å². The van der Waals surface area contributed by atoms with Gasteiger partial charge in [-0.15, -0.1) is 0 Å². The molecule has 1 aliphatic rings. The average Bonchev–Trinajstić information content (AvgIpc) is 3.58. The average molecular weight is 641 g/mol. The lowest BCUT2D eigenvalue weighted by Crippen LogP contribution is -2.38. The van der Waals surface area contributed by atoms with Crippen molar-refractivity contribution in [3.8, 4) is 22.3 Å². The number of para-hydroxylation sites is 2. The minimum atomic E-state index is -0.647. The first-order valence-corrected chi connectivity index (χ1v) is 17.2. The first kappa shape index (κ1) is 28.7. The molecule has 9 aromatic rings. The number of carbonyl (C=O) groups is 1. The summed E-state index contributed by atoms with van der Waals surface area (Å²) in [6.45, 7) is 4.31. The van der Waals surface area contributed by atoms with E-state index in [1.807, 2.05) is 34.9 Å². The zero-order valence-electron chi connectivity index (χ0n) is 27.8. The van der Waals surface area contributed by atoms with E-state index in [4.69, 9.17) is 4.98 Å². The van der Waals surface area contributed by atoms with E-state index in [0.29, 0.717) is 5.56 Å². The molecule has 0 radical (unpaired) electrons. The largest absolute Gasteiger partial charge is 0.268 e. The number of fused-ring (bicyclic) bond motifs is 10. The molecule has 0 fully saturated rings. The number of imidazole rings is 1. The summed E-state index contributed by atoms with van der Waals surface area (Å²) in [5.74, 6) is 0.714. The van der Waals surface area contributed by atoms with Crippen LogP contribution in [-0.2, 0) is 5.41 Å². The molecule has 0 bridgehead atoms. The molecule has 8 aromatic carbocycles. The number of rotatable bonds is 3. The molecule has 50 heavy (non-hydrogen) atoms. The summed E-state index contributed by atoms with van der Waals surface area (Å²) in [6, 6.07) is 55.9. The van der Waals surface area contributed by atoms with Crippen molar-refractivity contribution in [1.29, 1.82) is 0 Å². The second-order valence-electron chi connectivity index (χ2n) is 13.7. The molecular formula is C47H32N2O. The van der Waals surface area contributed by atoms with E-state index < -0.39 is 5.41 Å². The van der Waals surface area contributed by atoms with Crippen LogP contribution in [0, 0.1) is 6.92 Å². The van der Waals surface area contributed by atoms with E-state index in [-0.39, 0.29) is 5.91 Å². The van der Waals surface area contributed by atoms with Crippen molar-refractivity contribution in [3.63, 3.8) is 0 Å². The molecule has 0 N–H and O–H groups in total. The van der Waals surface area contributed by atoms with Gasteiger partial charge in [-0.3, -0.25) is 9.36 Å². The second kappa shape index (κ2) is 10.6. The zero-order chi connectivity index (χ0) is 33.6. The van der Waals surface area contributed by atoms with E-state index in [1.54, 1.807) is 0 Å². The highest BCUT2D eigenvalue weighted by atomic mass is 16.2. The molecule has 2 heterocycles. The van der Waals surface area contributed by atoms with Crippen LogP contribution in [0.5, 0.6) is 0 Å². The highest BCUT2D eigenvalue weighted by Gasteiger charge is 2.44. The number of nitrogens with zero attached hydrogens (tertiary/aromatic N) is 2. The number of benzene rings is 8. The summed E-state index contributed by atoms with van der Waals surface area (Å²) in [6.07, 6.45) is 0. The lowest BCUT2D eigenvalue weighted by molar-refractivity contribution is 0.0949. The van der Waals surface area contributed by atoms with Crippen molar-refractivity contribution in [2.24, 2.45) is 0 Å². The van der Waals surface area contributed by atoms with Crippen LogP contribution in [0.25, 0.3) is 65.6 Å². The van der Waals surface area contributed by atoms with Gasteiger partial charge in [-0.05, 0) is 116 Å². The van der Waals surface area contributed by atoms with E-state index in [1.165, 1.54) is 43.4 Å². The predicted molar refractivity (Wildman–Crippen MR) is 206 cm³/mol. The van der Waals surface area contributed by atoms with Crippen LogP contribution in [0.4, 0.5) is 0 Å². The number of aryl methyl sites for hydroxylation is 1. The fraction of sp³-hybridized carbons (Fsp3) is 0.0638. The van der Waals surface area contributed by atoms with Gasteiger partial charge in [-0.2, -0.15) is 0 Å². The van der Waals surface area contributed by atoms with Crippen molar-refractivity contribution in [1.82, 2.24) is 9.55 Å². The van der Waals surface area contributed by atoms with Gasteiger partial charge in [-0.25, -0.2) is 4.98 Å². The van der Waals surface area contributed by atoms with Crippen LogP contribution < -0.4 is 0 Å². The molecule has 3 heteroatoms. The Kier molecular flexibility index (Phi) is 6.07. The molecule has 10 rings (SSSR count). The topological polar surface area (TPSA) is 34.9 Å². The molecule has 1 unspecified atom stereocenters. The Morgan fingerprint density at radius 2 is 1.08 bits per heavy atom. The fourth-order valence-electron chi connectivity index (χ4n) is 8.27. The van der Waals surface area contributed by atoms with Gasteiger partial charge in [0, 0.05) is 5.56 Å². The minimum Gasteiger partial charge on any atom is -0.268 e. The molecule has 0 aliphatic carbocycles. The van der Waals surface area contributed by atoms with Gasteiger partial charge in [0.05, 0.1) is 16.4 Å². The Morgan fingerprint density at radius 3 is 1.78 bits per heavy atom. The Hall–Kier alpha value is -6.32. The second-order valence-corrected chi connectivity index (χ2v) is 13.7. The summed E-state index contributed by atoms with van der Waals surface area (Å²) in [5, 5.41) is 7.61. The van der Waals surface area contributed by atoms with Crippen molar-refractivity contribution >= 4 is 49.3 Å². The molecular weight excluding hydrogens is 609 g/mol. The maximum absolute atomic E-state index is 14.2. The molecule has 1 aromatic heterocycles. The van der Waals surface area contributed by atoms with Gasteiger partial charge < -0.3 is 0 Å².